The van der Waals surface area contributed by atoms with E-state index in [1.165, 1.54) is 0 Å². The van der Waals surface area contributed by atoms with E-state index in [2.05, 4.69) is 22.4 Å². The molecule has 1 saturated heterocycles. The van der Waals surface area contributed by atoms with Gasteiger partial charge in [0.25, 0.3) is 0 Å². The summed E-state index contributed by atoms with van der Waals surface area (Å²) in [5.41, 5.74) is 0.794. The summed E-state index contributed by atoms with van der Waals surface area (Å²) in [7, 11) is 1.65. The van der Waals surface area contributed by atoms with Crippen molar-refractivity contribution in [1.82, 2.24) is 15.5 Å². The zero-order valence-electron chi connectivity index (χ0n) is 11.8. The standard InChI is InChI=1S/C15H19N3O2/c1-3-15(9-4-10-16-15)14-17-13(18-20-14)11-5-7-12(19-2)8-6-11/h5-8,16H,3-4,9-10H2,1-2H3. The minimum absolute atomic E-state index is 0.141. The van der Waals surface area contributed by atoms with Crippen LogP contribution in [0.3, 0.4) is 0 Å². The van der Waals surface area contributed by atoms with Crippen molar-refractivity contribution in [2.75, 3.05) is 13.7 Å². The molecule has 1 fully saturated rings. The van der Waals surface area contributed by atoms with Crippen LogP contribution in [0.25, 0.3) is 11.4 Å². The second kappa shape index (κ2) is 5.25. The van der Waals surface area contributed by atoms with E-state index in [-0.39, 0.29) is 5.54 Å². The third-order valence-electron chi connectivity index (χ3n) is 4.03. The monoisotopic (exact) mass is 273 g/mol. The van der Waals surface area contributed by atoms with E-state index < -0.39 is 0 Å². The molecule has 0 saturated carbocycles. The van der Waals surface area contributed by atoms with Gasteiger partial charge < -0.3 is 14.6 Å². The van der Waals surface area contributed by atoms with Crippen LogP contribution in [0.2, 0.25) is 0 Å². The van der Waals surface area contributed by atoms with Crippen LogP contribution >= 0.6 is 0 Å². The number of methoxy groups -OCH3 is 1. The zero-order valence-corrected chi connectivity index (χ0v) is 11.8. The molecule has 20 heavy (non-hydrogen) atoms. The minimum Gasteiger partial charge on any atom is -0.497 e. The van der Waals surface area contributed by atoms with E-state index in [1.54, 1.807) is 7.11 Å². The van der Waals surface area contributed by atoms with Crippen LogP contribution in [0.1, 0.15) is 32.1 Å². The second-order valence-electron chi connectivity index (χ2n) is 5.12. The van der Waals surface area contributed by atoms with Gasteiger partial charge in [-0.05, 0) is 50.1 Å². The summed E-state index contributed by atoms with van der Waals surface area (Å²) >= 11 is 0. The van der Waals surface area contributed by atoms with E-state index in [0.717, 1.165) is 37.1 Å². The number of aromatic nitrogens is 2. The van der Waals surface area contributed by atoms with Crippen molar-refractivity contribution >= 4 is 0 Å². The van der Waals surface area contributed by atoms with Gasteiger partial charge in [-0.15, -0.1) is 0 Å². The van der Waals surface area contributed by atoms with E-state index in [4.69, 9.17) is 9.26 Å². The van der Waals surface area contributed by atoms with Gasteiger partial charge in [0.1, 0.15) is 5.75 Å². The molecule has 5 nitrogen and oxygen atoms in total. The molecule has 0 bridgehead atoms. The predicted octanol–water partition coefficient (Wildman–Crippen LogP) is 2.73. The Labute approximate surface area is 118 Å². The Hall–Kier alpha value is -1.88. The first-order valence-electron chi connectivity index (χ1n) is 7.01. The van der Waals surface area contributed by atoms with Gasteiger partial charge >= 0.3 is 0 Å². The van der Waals surface area contributed by atoms with Crippen molar-refractivity contribution in [2.24, 2.45) is 0 Å². The fourth-order valence-electron chi connectivity index (χ4n) is 2.72. The molecule has 2 heterocycles. The van der Waals surface area contributed by atoms with E-state index in [1.807, 2.05) is 24.3 Å². The predicted molar refractivity (Wildman–Crippen MR) is 75.5 cm³/mol. The number of benzene rings is 1. The molecule has 1 aromatic heterocycles. The van der Waals surface area contributed by atoms with E-state index in [9.17, 15) is 0 Å². The first-order chi connectivity index (χ1) is 9.77. The molecule has 0 amide bonds. The number of nitrogens with zero attached hydrogens (tertiary/aromatic N) is 2. The summed E-state index contributed by atoms with van der Waals surface area (Å²) in [5.74, 6) is 2.15. The van der Waals surface area contributed by atoms with Gasteiger partial charge in [0.2, 0.25) is 11.7 Å². The topological polar surface area (TPSA) is 60.2 Å². The van der Waals surface area contributed by atoms with Crippen molar-refractivity contribution in [3.63, 3.8) is 0 Å². The first kappa shape index (κ1) is 13.1. The van der Waals surface area contributed by atoms with Gasteiger partial charge in [-0.25, -0.2) is 0 Å². The lowest BCUT2D eigenvalue weighted by Gasteiger charge is -2.22. The molecular weight excluding hydrogens is 254 g/mol. The Morgan fingerprint density at radius 3 is 2.75 bits per heavy atom. The van der Waals surface area contributed by atoms with Crippen LogP contribution in [0.15, 0.2) is 28.8 Å². The highest BCUT2D eigenvalue weighted by Gasteiger charge is 2.38. The molecule has 1 aromatic carbocycles. The van der Waals surface area contributed by atoms with Crippen LogP contribution in [-0.2, 0) is 5.54 Å². The maximum absolute atomic E-state index is 5.50. The molecule has 0 aliphatic carbocycles. The molecule has 1 N–H and O–H groups in total. The fourth-order valence-corrected chi connectivity index (χ4v) is 2.72. The molecule has 0 radical (unpaired) electrons. The quantitative estimate of drug-likeness (QED) is 0.928. The SMILES string of the molecule is CCC1(c2nc(-c3ccc(OC)cc3)no2)CCCN1. The van der Waals surface area contributed by atoms with Gasteiger partial charge in [0, 0.05) is 5.56 Å². The lowest BCUT2D eigenvalue weighted by molar-refractivity contribution is 0.250. The fraction of sp³-hybridized carbons (Fsp3) is 0.467. The van der Waals surface area contributed by atoms with Crippen molar-refractivity contribution in [1.29, 1.82) is 0 Å². The highest BCUT2D eigenvalue weighted by Crippen LogP contribution is 2.33. The number of rotatable bonds is 4. The first-order valence-corrected chi connectivity index (χ1v) is 7.01. The van der Waals surface area contributed by atoms with Crippen LogP contribution in [0.4, 0.5) is 0 Å². The van der Waals surface area contributed by atoms with Gasteiger partial charge in [-0.3, -0.25) is 0 Å². The Balaban J connectivity index is 1.89. The lowest BCUT2D eigenvalue weighted by Crippen LogP contribution is -2.36. The van der Waals surface area contributed by atoms with Crippen LogP contribution < -0.4 is 10.1 Å². The average Bonchev–Trinajstić information content (AvgIpc) is 3.17. The summed E-state index contributed by atoms with van der Waals surface area (Å²) in [6.07, 6.45) is 3.15. The lowest BCUT2D eigenvalue weighted by atomic mass is 9.94. The van der Waals surface area contributed by atoms with Gasteiger partial charge in [0.05, 0.1) is 12.6 Å². The molecule has 2 aromatic rings. The van der Waals surface area contributed by atoms with E-state index >= 15 is 0 Å². The molecule has 1 aliphatic heterocycles. The molecule has 3 rings (SSSR count). The number of nitrogens with one attached hydrogen (secondary N) is 1. The minimum atomic E-state index is -0.141. The van der Waals surface area contributed by atoms with Crippen molar-refractivity contribution in [3.8, 4) is 17.1 Å². The second-order valence-corrected chi connectivity index (χ2v) is 5.12. The Morgan fingerprint density at radius 2 is 2.15 bits per heavy atom. The molecular formula is C15H19N3O2. The summed E-state index contributed by atoms with van der Waals surface area (Å²) in [5, 5.41) is 7.62. The van der Waals surface area contributed by atoms with Crippen LogP contribution in [0.5, 0.6) is 5.75 Å². The normalized spacial score (nSPS) is 22.1. The van der Waals surface area contributed by atoms with Crippen LogP contribution in [-0.4, -0.2) is 23.8 Å². The highest BCUT2D eigenvalue weighted by molar-refractivity contribution is 5.55. The molecule has 106 valence electrons. The van der Waals surface area contributed by atoms with Gasteiger partial charge in [-0.1, -0.05) is 12.1 Å². The summed E-state index contributed by atoms with van der Waals surface area (Å²) in [4.78, 5) is 4.58. The maximum Gasteiger partial charge on any atom is 0.247 e. The molecule has 5 heteroatoms. The summed E-state index contributed by atoms with van der Waals surface area (Å²) < 4.78 is 10.6. The van der Waals surface area contributed by atoms with Crippen LogP contribution in [0, 0.1) is 0 Å². The largest absolute Gasteiger partial charge is 0.497 e. The molecule has 1 unspecified atom stereocenters. The molecule has 1 aliphatic rings. The molecule has 0 spiro atoms. The smallest absolute Gasteiger partial charge is 0.247 e. The Morgan fingerprint density at radius 1 is 1.35 bits per heavy atom. The van der Waals surface area contributed by atoms with Gasteiger partial charge in [0.15, 0.2) is 0 Å². The molecule has 1 atom stereocenters. The Bertz CT molecular complexity index is 571. The zero-order chi connectivity index (χ0) is 14.0. The maximum atomic E-state index is 5.50. The van der Waals surface area contributed by atoms with Crippen molar-refractivity contribution < 1.29 is 9.26 Å². The Kier molecular flexibility index (Phi) is 3.44. The third kappa shape index (κ3) is 2.18. The van der Waals surface area contributed by atoms with Crippen molar-refractivity contribution in [3.05, 3.63) is 30.2 Å². The summed E-state index contributed by atoms with van der Waals surface area (Å²) in [6.45, 7) is 3.16. The number of hydrogen-bond acceptors (Lipinski definition) is 5. The summed E-state index contributed by atoms with van der Waals surface area (Å²) in [6, 6.07) is 7.67. The number of ether oxygens (including phenoxy) is 1. The van der Waals surface area contributed by atoms with E-state index in [0.29, 0.717) is 11.7 Å². The third-order valence-corrected chi connectivity index (χ3v) is 4.03. The highest BCUT2D eigenvalue weighted by atomic mass is 16.5. The van der Waals surface area contributed by atoms with Crippen molar-refractivity contribution in [2.45, 2.75) is 31.7 Å². The average molecular weight is 273 g/mol. The number of hydrogen-bond donors (Lipinski definition) is 1. The van der Waals surface area contributed by atoms with Gasteiger partial charge in [-0.2, -0.15) is 4.98 Å².